The third-order valence-electron chi connectivity index (χ3n) is 8.23. The van der Waals surface area contributed by atoms with Crippen LogP contribution < -0.4 is 10.2 Å². The second-order valence-electron chi connectivity index (χ2n) is 11.9. The molecule has 2 aromatic carbocycles. The van der Waals surface area contributed by atoms with Gasteiger partial charge in [0.25, 0.3) is 0 Å². The Kier molecular flexibility index (Phi) is 21.0. The molecule has 0 spiro atoms. The molecule has 2 rings (SSSR count). The molecule has 0 heterocycles. The average Bonchev–Trinajstić information content (AvgIpc) is 2.96. The number of hydrogen-bond donors (Lipinski definition) is 0. The summed E-state index contributed by atoms with van der Waals surface area (Å²) in [5.74, 6) is -1.09. The summed E-state index contributed by atoms with van der Waals surface area (Å²) in [6, 6.07) is 9.15. The Morgan fingerprint density at radius 1 is 0.476 bits per heavy atom. The molecule has 0 N–H and O–H groups in total. The summed E-state index contributed by atoms with van der Waals surface area (Å²) in [5.41, 5.74) is 1.69. The van der Waals surface area contributed by atoms with Gasteiger partial charge < -0.3 is 10.2 Å². The molecule has 4 nitrogen and oxygen atoms in total. The Bertz CT molecular complexity index is 1000. The normalized spacial score (nSPS) is 11.5. The Morgan fingerprint density at radius 2 is 0.762 bits per heavy atom. The van der Waals surface area contributed by atoms with E-state index in [1.807, 2.05) is 0 Å². The third kappa shape index (κ3) is 14.8. The monoisotopic (exact) mass is 642 g/mol. The van der Waals surface area contributed by atoms with Crippen LogP contribution in [0.15, 0.2) is 46.2 Å². The zero-order valence-electron chi connectivity index (χ0n) is 26.4. The molecule has 240 valence electrons. The van der Waals surface area contributed by atoms with Crippen molar-refractivity contribution in [2.45, 2.75) is 165 Å². The fourth-order valence-corrected chi connectivity index (χ4v) is 7.10. The molecule has 0 fully saturated rings. The molecular formula is C36H56NiO4S. The van der Waals surface area contributed by atoms with Crippen molar-refractivity contribution in [3.8, 4) is 11.5 Å². The number of unbranched alkanes of at least 4 members (excludes halogenated alkanes) is 18. The van der Waals surface area contributed by atoms with Gasteiger partial charge in [-0.3, -0.25) is 0 Å². The molecule has 0 bridgehead atoms. The largest absolute Gasteiger partial charge is 2.00 e. The number of hydrogen-bond acceptors (Lipinski definition) is 4. The van der Waals surface area contributed by atoms with Crippen molar-refractivity contribution in [1.29, 1.82) is 0 Å². The quantitative estimate of drug-likeness (QED) is 0.0843. The maximum absolute atomic E-state index is 13.5. The first-order valence-electron chi connectivity index (χ1n) is 16.7. The van der Waals surface area contributed by atoms with Gasteiger partial charge in [0.2, 0.25) is 9.84 Å². The van der Waals surface area contributed by atoms with Crippen LogP contribution in [0.4, 0.5) is 0 Å². The summed E-state index contributed by atoms with van der Waals surface area (Å²) in [4.78, 5) is -0.537. The van der Waals surface area contributed by atoms with Gasteiger partial charge in [0.15, 0.2) is 0 Å². The maximum atomic E-state index is 13.5. The van der Waals surface area contributed by atoms with Crippen LogP contribution in [0.3, 0.4) is 0 Å². The van der Waals surface area contributed by atoms with Crippen LogP contribution in [-0.2, 0) is 39.2 Å². The van der Waals surface area contributed by atoms with Crippen molar-refractivity contribution in [3.05, 3.63) is 47.5 Å². The summed E-state index contributed by atoms with van der Waals surface area (Å²) in [6.45, 7) is 4.48. The third-order valence-corrected chi connectivity index (χ3v) is 10.0. The second kappa shape index (κ2) is 22.9. The maximum Gasteiger partial charge on any atom is 2.00 e. The molecule has 0 saturated heterocycles. The molecule has 0 aliphatic carbocycles. The molecule has 0 saturated carbocycles. The van der Waals surface area contributed by atoms with E-state index in [1.54, 1.807) is 12.1 Å². The summed E-state index contributed by atoms with van der Waals surface area (Å²) >= 11 is 0. The molecular weight excluding hydrogens is 587 g/mol. The van der Waals surface area contributed by atoms with Gasteiger partial charge >= 0.3 is 16.5 Å². The van der Waals surface area contributed by atoms with Gasteiger partial charge in [-0.2, -0.15) is 0 Å². The van der Waals surface area contributed by atoms with Gasteiger partial charge in [0.1, 0.15) is 0 Å². The summed E-state index contributed by atoms with van der Waals surface area (Å²) in [7, 11) is -4.18. The van der Waals surface area contributed by atoms with E-state index in [2.05, 4.69) is 13.8 Å². The number of rotatable bonds is 24. The van der Waals surface area contributed by atoms with Crippen LogP contribution in [0.2, 0.25) is 0 Å². The number of benzene rings is 2. The first-order valence-corrected chi connectivity index (χ1v) is 18.2. The van der Waals surface area contributed by atoms with Crippen LogP contribution in [0, 0.1) is 0 Å². The van der Waals surface area contributed by atoms with E-state index in [9.17, 15) is 18.6 Å². The molecule has 0 radical (unpaired) electrons. The van der Waals surface area contributed by atoms with Gasteiger partial charge in [0, 0.05) is 0 Å². The van der Waals surface area contributed by atoms with Crippen molar-refractivity contribution in [1.82, 2.24) is 0 Å². The molecule has 0 atom stereocenters. The average molecular weight is 644 g/mol. The fourth-order valence-electron chi connectivity index (χ4n) is 5.59. The fraction of sp³-hybridized carbons (Fsp3) is 0.667. The predicted octanol–water partition coefficient (Wildman–Crippen LogP) is 9.59. The van der Waals surface area contributed by atoms with E-state index in [4.69, 9.17) is 0 Å². The molecule has 0 unspecified atom stereocenters. The topological polar surface area (TPSA) is 80.3 Å². The molecule has 42 heavy (non-hydrogen) atoms. The predicted molar refractivity (Wildman–Crippen MR) is 168 cm³/mol. The standard InChI is InChI=1S/C36H58O4S.Ni/c1-3-5-7-9-11-13-15-17-19-21-23-31-25-27-33(37)35(29-31)41(39,40)36-30-32(26-28-34(36)38)24-22-20-18-16-14-12-10-8-6-4-2;/h25-30,37-38H,3-24H2,1-2H3;/q;+2/p-2. The van der Waals surface area contributed by atoms with E-state index >= 15 is 0 Å². The Labute approximate surface area is 268 Å². The molecule has 0 amide bonds. The number of aryl methyl sites for hydroxylation is 2. The molecule has 6 heteroatoms. The minimum atomic E-state index is -4.18. The van der Waals surface area contributed by atoms with Crippen LogP contribution in [-0.4, -0.2) is 8.42 Å². The summed E-state index contributed by atoms with van der Waals surface area (Å²) < 4.78 is 26.9. The van der Waals surface area contributed by atoms with Gasteiger partial charge in [-0.25, -0.2) is 8.42 Å². The first kappa shape index (κ1) is 38.5. The minimum absolute atomic E-state index is 0. The van der Waals surface area contributed by atoms with Crippen molar-refractivity contribution in [2.24, 2.45) is 0 Å². The minimum Gasteiger partial charge on any atom is -0.872 e. The van der Waals surface area contributed by atoms with Crippen LogP contribution in [0.1, 0.15) is 153 Å². The molecule has 0 aromatic heterocycles. The van der Waals surface area contributed by atoms with E-state index in [0.29, 0.717) is 0 Å². The van der Waals surface area contributed by atoms with Crippen molar-refractivity contribution in [2.75, 3.05) is 0 Å². The first-order chi connectivity index (χ1) is 19.9. The zero-order valence-corrected chi connectivity index (χ0v) is 28.2. The van der Waals surface area contributed by atoms with Gasteiger partial charge in [-0.15, -0.1) is 0 Å². The van der Waals surface area contributed by atoms with Crippen LogP contribution in [0.25, 0.3) is 0 Å². The molecule has 2 aromatic rings. The SMILES string of the molecule is CCCCCCCCCCCCc1ccc([O-])c(S(=O)(=O)c2cc(CCCCCCCCCCCC)ccc2[O-])c1.[Ni+2]. The molecule has 0 aliphatic heterocycles. The van der Waals surface area contributed by atoms with E-state index in [1.165, 1.54) is 127 Å². The van der Waals surface area contributed by atoms with E-state index in [-0.39, 0.29) is 26.3 Å². The Morgan fingerprint density at radius 3 is 1.07 bits per heavy atom. The molecule has 0 aliphatic rings. The Balaban J connectivity index is 0.00000882. The van der Waals surface area contributed by atoms with Crippen LogP contribution in [0.5, 0.6) is 11.5 Å². The second-order valence-corrected chi connectivity index (χ2v) is 13.8. The van der Waals surface area contributed by atoms with Crippen molar-refractivity contribution in [3.63, 3.8) is 0 Å². The number of sulfone groups is 1. The van der Waals surface area contributed by atoms with Gasteiger partial charge in [-0.1, -0.05) is 165 Å². The van der Waals surface area contributed by atoms with E-state index in [0.717, 1.165) is 49.7 Å². The van der Waals surface area contributed by atoms with Crippen molar-refractivity contribution < 1.29 is 35.1 Å². The smallest absolute Gasteiger partial charge is 0.872 e. The Hall–Kier alpha value is -1.52. The van der Waals surface area contributed by atoms with Gasteiger partial charge in [0.05, 0.1) is 9.79 Å². The van der Waals surface area contributed by atoms with Crippen molar-refractivity contribution >= 4 is 9.84 Å². The van der Waals surface area contributed by atoms with E-state index < -0.39 is 21.3 Å². The van der Waals surface area contributed by atoms with Gasteiger partial charge in [-0.05, 0) is 48.9 Å². The van der Waals surface area contributed by atoms with Crippen LogP contribution >= 0.6 is 0 Å². The summed E-state index contributed by atoms with van der Waals surface area (Å²) in [6.07, 6.45) is 26.2. The zero-order chi connectivity index (χ0) is 29.8. The summed E-state index contributed by atoms with van der Waals surface area (Å²) in [5, 5.41) is 25.2.